The van der Waals surface area contributed by atoms with Crippen LogP contribution in [0.2, 0.25) is 0 Å². The first-order valence-electron chi connectivity index (χ1n) is 10.8. The Bertz CT molecular complexity index is 871. The highest BCUT2D eigenvalue weighted by Crippen LogP contribution is 2.51. The van der Waals surface area contributed by atoms with Crippen molar-refractivity contribution in [3.63, 3.8) is 0 Å². The zero-order chi connectivity index (χ0) is 20.5. The Balaban J connectivity index is 1.96. The number of nitrogens with zero attached hydrogens (tertiary/aromatic N) is 1. The minimum atomic E-state index is -0.312. The van der Waals surface area contributed by atoms with Crippen molar-refractivity contribution in [2.75, 3.05) is 13.2 Å². The average molecular weight is 458 g/mol. The van der Waals surface area contributed by atoms with Crippen LogP contribution in [0.1, 0.15) is 70.3 Å². The molecule has 29 heavy (non-hydrogen) atoms. The molecule has 1 aromatic carbocycles. The largest absolute Gasteiger partial charge is 0.493 e. The van der Waals surface area contributed by atoms with E-state index in [1.165, 1.54) is 0 Å². The third-order valence-corrected chi connectivity index (χ3v) is 6.64. The lowest BCUT2D eigenvalue weighted by Gasteiger charge is -2.43. The van der Waals surface area contributed by atoms with E-state index in [1.54, 1.807) is 0 Å². The molecule has 4 rings (SSSR count). The topological polar surface area (TPSA) is 46.6 Å². The van der Waals surface area contributed by atoms with Gasteiger partial charge in [-0.25, -0.2) is 0 Å². The third-order valence-electron chi connectivity index (χ3n) is 6.15. The lowest BCUT2D eigenvalue weighted by molar-refractivity contribution is -0.117. The summed E-state index contributed by atoms with van der Waals surface area (Å²) < 4.78 is 7.01. The molecule has 2 aliphatic carbocycles. The Morgan fingerprint density at radius 2 is 1.62 bits per heavy atom. The normalized spacial score (nSPS) is 20.2. The van der Waals surface area contributed by atoms with Crippen LogP contribution < -0.4 is 4.74 Å². The van der Waals surface area contributed by atoms with Crippen LogP contribution in [-0.4, -0.2) is 29.6 Å². The van der Waals surface area contributed by atoms with Crippen LogP contribution in [0.15, 0.2) is 45.2 Å². The average Bonchev–Trinajstić information content (AvgIpc) is 2.72. The number of carbonyl (C=O) groups is 2. The molecule has 0 amide bonds. The summed E-state index contributed by atoms with van der Waals surface area (Å²) in [6, 6.07) is 5.96. The minimum absolute atomic E-state index is 0.182. The van der Waals surface area contributed by atoms with Crippen LogP contribution in [0.3, 0.4) is 0 Å². The zero-order valence-corrected chi connectivity index (χ0v) is 18.8. The van der Waals surface area contributed by atoms with Gasteiger partial charge in [0.05, 0.1) is 6.61 Å². The summed E-state index contributed by atoms with van der Waals surface area (Å²) in [4.78, 5) is 28.7. The molecule has 0 aromatic heterocycles. The van der Waals surface area contributed by atoms with E-state index in [0.717, 1.165) is 77.0 Å². The van der Waals surface area contributed by atoms with Crippen molar-refractivity contribution < 1.29 is 14.3 Å². The molecule has 0 saturated carbocycles. The van der Waals surface area contributed by atoms with E-state index in [2.05, 4.69) is 34.7 Å². The lowest BCUT2D eigenvalue weighted by Crippen LogP contribution is -2.39. The lowest BCUT2D eigenvalue weighted by atomic mass is 9.70. The van der Waals surface area contributed by atoms with Gasteiger partial charge in [-0.15, -0.1) is 0 Å². The van der Waals surface area contributed by atoms with E-state index in [4.69, 9.17) is 4.74 Å². The zero-order valence-electron chi connectivity index (χ0n) is 17.2. The van der Waals surface area contributed by atoms with Crippen LogP contribution >= 0.6 is 15.9 Å². The molecule has 1 aromatic rings. The number of carbonyl (C=O) groups excluding carboxylic acids is 2. The van der Waals surface area contributed by atoms with Gasteiger partial charge in [0.1, 0.15) is 5.75 Å². The van der Waals surface area contributed by atoms with Crippen LogP contribution in [-0.2, 0) is 9.59 Å². The molecular formula is C24H28BrNO3. The van der Waals surface area contributed by atoms with E-state index in [9.17, 15) is 9.59 Å². The van der Waals surface area contributed by atoms with E-state index in [-0.39, 0.29) is 17.5 Å². The van der Waals surface area contributed by atoms with Crippen molar-refractivity contribution in [1.82, 2.24) is 4.90 Å². The summed E-state index contributed by atoms with van der Waals surface area (Å²) in [5.74, 6) is 0.829. The number of halogens is 1. The first kappa shape index (κ1) is 20.4. The molecule has 5 heteroatoms. The number of ketones is 2. The Hall–Kier alpha value is -1.88. The summed E-state index contributed by atoms with van der Waals surface area (Å²) in [5, 5.41) is 0. The first-order valence-corrected chi connectivity index (χ1v) is 11.6. The maximum Gasteiger partial charge on any atom is 0.161 e. The molecular weight excluding hydrogens is 430 g/mol. The fourth-order valence-corrected chi connectivity index (χ4v) is 5.38. The maximum atomic E-state index is 13.2. The first-order chi connectivity index (χ1) is 14.1. The van der Waals surface area contributed by atoms with Crippen LogP contribution in [0.25, 0.3) is 0 Å². The number of rotatable bonds is 5. The van der Waals surface area contributed by atoms with E-state index >= 15 is 0 Å². The highest BCUT2D eigenvalue weighted by molar-refractivity contribution is 9.10. The highest BCUT2D eigenvalue weighted by atomic mass is 79.9. The Labute approximate surface area is 181 Å². The molecule has 1 aliphatic heterocycles. The molecule has 154 valence electrons. The van der Waals surface area contributed by atoms with Gasteiger partial charge in [-0.05, 0) is 57.2 Å². The van der Waals surface area contributed by atoms with Crippen molar-refractivity contribution in [3.8, 4) is 5.75 Å². The highest BCUT2D eigenvalue weighted by Gasteiger charge is 2.43. The van der Waals surface area contributed by atoms with Crippen LogP contribution in [0, 0.1) is 0 Å². The van der Waals surface area contributed by atoms with Crippen LogP contribution in [0.4, 0.5) is 0 Å². The number of benzene rings is 1. The van der Waals surface area contributed by atoms with E-state index < -0.39 is 0 Å². The Morgan fingerprint density at radius 1 is 1.00 bits per heavy atom. The predicted octanol–water partition coefficient (Wildman–Crippen LogP) is 5.67. The molecule has 0 radical (unpaired) electrons. The molecule has 0 N–H and O–H groups in total. The molecule has 4 nitrogen and oxygen atoms in total. The molecule has 3 aliphatic rings. The molecule has 0 atom stereocenters. The van der Waals surface area contributed by atoms with Gasteiger partial charge in [-0.1, -0.05) is 22.9 Å². The quantitative estimate of drug-likeness (QED) is 0.571. The maximum absolute atomic E-state index is 13.2. The van der Waals surface area contributed by atoms with Gasteiger partial charge in [-0.3, -0.25) is 9.59 Å². The molecule has 0 saturated heterocycles. The molecule has 0 bridgehead atoms. The minimum Gasteiger partial charge on any atom is -0.493 e. The fraction of sp³-hybridized carbons (Fsp3) is 0.500. The van der Waals surface area contributed by atoms with Crippen molar-refractivity contribution in [2.45, 2.75) is 64.7 Å². The summed E-state index contributed by atoms with van der Waals surface area (Å²) >= 11 is 3.59. The number of ether oxygens (including phenoxy) is 1. The number of hydrogen-bond donors (Lipinski definition) is 0. The van der Waals surface area contributed by atoms with Crippen molar-refractivity contribution in [1.29, 1.82) is 0 Å². The van der Waals surface area contributed by atoms with Gasteiger partial charge in [-0.2, -0.15) is 0 Å². The summed E-state index contributed by atoms with van der Waals surface area (Å²) in [7, 11) is 0. The predicted molar refractivity (Wildman–Crippen MR) is 117 cm³/mol. The Morgan fingerprint density at radius 3 is 2.17 bits per heavy atom. The summed E-state index contributed by atoms with van der Waals surface area (Å²) in [6.45, 7) is 5.60. The summed E-state index contributed by atoms with van der Waals surface area (Å²) in [6.07, 6.45) is 5.59. The molecule has 0 unspecified atom stereocenters. The molecule has 0 fully saturated rings. The number of allylic oxidation sites excluding steroid dienone is 4. The van der Waals surface area contributed by atoms with E-state index in [0.29, 0.717) is 19.4 Å². The fourth-order valence-electron chi connectivity index (χ4n) is 5.00. The van der Waals surface area contributed by atoms with Gasteiger partial charge < -0.3 is 9.64 Å². The van der Waals surface area contributed by atoms with Gasteiger partial charge >= 0.3 is 0 Å². The van der Waals surface area contributed by atoms with E-state index in [1.807, 2.05) is 18.2 Å². The second kappa shape index (κ2) is 8.47. The second-order valence-corrected chi connectivity index (χ2v) is 8.90. The standard InChI is InChI=1S/C24H28BrNO3/c1-3-13-29-21-12-11-15(25)14-16(21)22-23-17(7-5-9-19(23)27)26(4-2)18-8-6-10-20(28)24(18)22/h11-12,14,22H,3-10,13H2,1-2H3. The van der Waals surface area contributed by atoms with Gasteiger partial charge in [0, 0.05) is 57.9 Å². The summed E-state index contributed by atoms with van der Waals surface area (Å²) in [5.41, 5.74) is 4.85. The second-order valence-electron chi connectivity index (χ2n) is 7.98. The SMILES string of the molecule is CCCOc1ccc(Br)cc1C1C2=C(CCCC2=O)N(CC)C2=C1C(=O)CCC2. The smallest absolute Gasteiger partial charge is 0.161 e. The molecule has 1 heterocycles. The number of Topliss-reactive ketones (excluding diaryl/α,β-unsaturated/α-hetero) is 2. The van der Waals surface area contributed by atoms with Gasteiger partial charge in [0.2, 0.25) is 0 Å². The van der Waals surface area contributed by atoms with Gasteiger partial charge in [0.25, 0.3) is 0 Å². The monoisotopic (exact) mass is 457 g/mol. The van der Waals surface area contributed by atoms with Gasteiger partial charge in [0.15, 0.2) is 11.6 Å². The number of hydrogen-bond acceptors (Lipinski definition) is 4. The van der Waals surface area contributed by atoms with Crippen LogP contribution in [0.5, 0.6) is 5.75 Å². The molecule has 0 spiro atoms. The van der Waals surface area contributed by atoms with Crippen molar-refractivity contribution in [2.24, 2.45) is 0 Å². The third kappa shape index (κ3) is 3.58. The Kier molecular flexibility index (Phi) is 5.95. The van der Waals surface area contributed by atoms with Crippen molar-refractivity contribution in [3.05, 3.63) is 50.8 Å². The van der Waals surface area contributed by atoms with Crippen molar-refractivity contribution >= 4 is 27.5 Å².